The fourth-order valence-electron chi connectivity index (χ4n) is 2.76. The minimum Gasteiger partial charge on any atom is -0.493 e. The van der Waals surface area contributed by atoms with Crippen LogP contribution in [0, 0.1) is 34.6 Å². The maximum absolute atomic E-state index is 5.97. The molecule has 0 saturated heterocycles. The molecule has 0 atom stereocenters. The van der Waals surface area contributed by atoms with Crippen molar-refractivity contribution < 1.29 is 4.74 Å². The third kappa shape index (κ3) is 3.21. The molecule has 0 fully saturated rings. The van der Waals surface area contributed by atoms with Crippen molar-refractivity contribution in [3.05, 3.63) is 45.8 Å². The second kappa shape index (κ2) is 6.12. The molecule has 1 aromatic carbocycles. The van der Waals surface area contributed by atoms with Gasteiger partial charge in [-0.2, -0.15) is 5.10 Å². The third-order valence-electron chi connectivity index (χ3n) is 3.70. The standard InChI is InChI=1S/C17H24N2O/c1-11-9-12(2)17(13(3)10-11)20-8-6-7-16-14(4)18-19-15(16)5/h9-10H,6-8H2,1-5H3,(H,18,19). The van der Waals surface area contributed by atoms with E-state index in [1.165, 1.54) is 27.9 Å². The van der Waals surface area contributed by atoms with Crippen molar-refractivity contribution in [1.29, 1.82) is 0 Å². The molecule has 0 aliphatic rings. The second-order valence-corrected chi connectivity index (χ2v) is 5.59. The van der Waals surface area contributed by atoms with E-state index in [-0.39, 0.29) is 0 Å². The van der Waals surface area contributed by atoms with Crippen LogP contribution in [-0.4, -0.2) is 16.8 Å². The van der Waals surface area contributed by atoms with E-state index >= 15 is 0 Å². The number of nitrogens with one attached hydrogen (secondary N) is 1. The zero-order valence-corrected chi connectivity index (χ0v) is 13.1. The van der Waals surface area contributed by atoms with Crippen LogP contribution in [0.25, 0.3) is 0 Å². The van der Waals surface area contributed by atoms with Crippen molar-refractivity contribution in [2.75, 3.05) is 6.61 Å². The molecule has 3 nitrogen and oxygen atoms in total. The highest BCUT2D eigenvalue weighted by Crippen LogP contribution is 2.24. The second-order valence-electron chi connectivity index (χ2n) is 5.59. The fourth-order valence-corrected chi connectivity index (χ4v) is 2.76. The highest BCUT2D eigenvalue weighted by molar-refractivity contribution is 5.42. The topological polar surface area (TPSA) is 37.9 Å². The van der Waals surface area contributed by atoms with Crippen molar-refractivity contribution >= 4 is 0 Å². The first-order chi connectivity index (χ1) is 9.49. The molecular weight excluding hydrogens is 248 g/mol. The summed E-state index contributed by atoms with van der Waals surface area (Å²) in [5, 5.41) is 7.25. The molecule has 0 amide bonds. The molecule has 0 radical (unpaired) electrons. The van der Waals surface area contributed by atoms with Crippen LogP contribution in [0.4, 0.5) is 0 Å². The highest BCUT2D eigenvalue weighted by Gasteiger charge is 2.07. The molecule has 0 aliphatic heterocycles. The molecule has 2 aromatic rings. The summed E-state index contributed by atoms with van der Waals surface area (Å²) in [4.78, 5) is 0. The predicted octanol–water partition coefficient (Wildman–Crippen LogP) is 3.96. The molecule has 0 unspecified atom stereocenters. The van der Waals surface area contributed by atoms with Gasteiger partial charge in [-0.15, -0.1) is 0 Å². The maximum atomic E-state index is 5.97. The number of aromatic amines is 1. The first-order valence-electron chi connectivity index (χ1n) is 7.20. The van der Waals surface area contributed by atoms with Gasteiger partial charge in [0.05, 0.1) is 12.3 Å². The van der Waals surface area contributed by atoms with Gasteiger partial charge in [0.1, 0.15) is 5.75 Å². The monoisotopic (exact) mass is 272 g/mol. The van der Waals surface area contributed by atoms with Crippen LogP contribution in [0.5, 0.6) is 5.75 Å². The lowest BCUT2D eigenvalue weighted by Crippen LogP contribution is -2.03. The summed E-state index contributed by atoms with van der Waals surface area (Å²) in [7, 11) is 0. The van der Waals surface area contributed by atoms with E-state index in [0.29, 0.717) is 0 Å². The van der Waals surface area contributed by atoms with E-state index in [1.807, 2.05) is 6.92 Å². The van der Waals surface area contributed by atoms with Gasteiger partial charge in [-0.25, -0.2) is 0 Å². The van der Waals surface area contributed by atoms with Gasteiger partial charge in [-0.3, -0.25) is 5.10 Å². The zero-order valence-electron chi connectivity index (χ0n) is 13.1. The van der Waals surface area contributed by atoms with E-state index in [2.05, 4.69) is 50.0 Å². The average Bonchev–Trinajstić information content (AvgIpc) is 2.67. The van der Waals surface area contributed by atoms with E-state index < -0.39 is 0 Å². The Morgan fingerprint density at radius 2 is 1.70 bits per heavy atom. The number of aromatic nitrogens is 2. The summed E-state index contributed by atoms with van der Waals surface area (Å²) in [6, 6.07) is 4.35. The Bertz CT molecular complexity index is 557. The van der Waals surface area contributed by atoms with Crippen LogP contribution in [0.2, 0.25) is 0 Å². The molecule has 108 valence electrons. The third-order valence-corrected chi connectivity index (χ3v) is 3.70. The summed E-state index contributed by atoms with van der Waals surface area (Å²) in [5.41, 5.74) is 7.33. The Labute approximate surface area is 121 Å². The van der Waals surface area contributed by atoms with E-state index in [1.54, 1.807) is 0 Å². The molecular formula is C17H24N2O. The Morgan fingerprint density at radius 3 is 2.25 bits per heavy atom. The minimum atomic E-state index is 0.745. The number of H-pyrrole nitrogens is 1. The number of hydrogen-bond acceptors (Lipinski definition) is 2. The lowest BCUT2D eigenvalue weighted by molar-refractivity contribution is 0.307. The molecule has 0 aliphatic carbocycles. The van der Waals surface area contributed by atoms with Crippen LogP contribution in [0.1, 0.15) is 40.1 Å². The molecule has 20 heavy (non-hydrogen) atoms. The van der Waals surface area contributed by atoms with Crippen LogP contribution < -0.4 is 4.74 Å². The molecule has 3 heteroatoms. The number of rotatable bonds is 5. The van der Waals surface area contributed by atoms with E-state index in [9.17, 15) is 0 Å². The number of nitrogens with zero attached hydrogens (tertiary/aromatic N) is 1. The van der Waals surface area contributed by atoms with Crippen molar-refractivity contribution in [1.82, 2.24) is 10.2 Å². The summed E-state index contributed by atoms with van der Waals surface area (Å²) < 4.78 is 5.97. The van der Waals surface area contributed by atoms with Gasteiger partial charge in [-0.1, -0.05) is 17.7 Å². The van der Waals surface area contributed by atoms with Gasteiger partial charge in [0, 0.05) is 5.69 Å². The van der Waals surface area contributed by atoms with Crippen molar-refractivity contribution in [3.8, 4) is 5.75 Å². The number of hydrogen-bond donors (Lipinski definition) is 1. The molecule has 1 aromatic heterocycles. The minimum absolute atomic E-state index is 0.745. The Morgan fingerprint density at radius 1 is 1.05 bits per heavy atom. The van der Waals surface area contributed by atoms with Crippen molar-refractivity contribution in [2.45, 2.75) is 47.5 Å². The smallest absolute Gasteiger partial charge is 0.125 e. The molecule has 1 N–H and O–H groups in total. The zero-order chi connectivity index (χ0) is 14.7. The molecule has 0 saturated carbocycles. The fraction of sp³-hybridized carbons (Fsp3) is 0.471. The number of benzene rings is 1. The van der Waals surface area contributed by atoms with Crippen molar-refractivity contribution in [2.24, 2.45) is 0 Å². The highest BCUT2D eigenvalue weighted by atomic mass is 16.5. The summed E-state index contributed by atoms with van der Waals surface area (Å²) in [6.45, 7) is 11.2. The van der Waals surface area contributed by atoms with Gasteiger partial charge >= 0.3 is 0 Å². The quantitative estimate of drug-likeness (QED) is 0.836. The molecule has 0 spiro atoms. The van der Waals surface area contributed by atoms with Crippen LogP contribution in [0.15, 0.2) is 12.1 Å². The Balaban J connectivity index is 1.91. The summed E-state index contributed by atoms with van der Waals surface area (Å²) in [5.74, 6) is 1.04. The average molecular weight is 272 g/mol. The van der Waals surface area contributed by atoms with Crippen LogP contribution in [0.3, 0.4) is 0 Å². The first-order valence-corrected chi connectivity index (χ1v) is 7.20. The molecule has 0 bridgehead atoms. The van der Waals surface area contributed by atoms with E-state index in [0.717, 1.165) is 30.9 Å². The SMILES string of the molecule is Cc1cc(C)c(OCCCc2c(C)n[nH]c2C)c(C)c1. The lowest BCUT2D eigenvalue weighted by Gasteiger charge is -2.13. The van der Waals surface area contributed by atoms with Crippen LogP contribution >= 0.6 is 0 Å². The molecule has 1 heterocycles. The number of aryl methyl sites for hydroxylation is 5. The number of ether oxygens (including phenoxy) is 1. The molecule has 2 rings (SSSR count). The lowest BCUT2D eigenvalue weighted by atomic mass is 10.1. The van der Waals surface area contributed by atoms with Crippen LogP contribution in [-0.2, 0) is 6.42 Å². The van der Waals surface area contributed by atoms with Gasteiger partial charge in [0.25, 0.3) is 0 Å². The first kappa shape index (κ1) is 14.6. The van der Waals surface area contributed by atoms with Gasteiger partial charge in [0.2, 0.25) is 0 Å². The summed E-state index contributed by atoms with van der Waals surface area (Å²) in [6.07, 6.45) is 2.02. The van der Waals surface area contributed by atoms with Gasteiger partial charge in [-0.05, 0) is 64.2 Å². The normalized spacial score (nSPS) is 10.8. The maximum Gasteiger partial charge on any atom is 0.125 e. The Kier molecular flexibility index (Phi) is 4.48. The largest absolute Gasteiger partial charge is 0.493 e. The summed E-state index contributed by atoms with van der Waals surface area (Å²) >= 11 is 0. The van der Waals surface area contributed by atoms with E-state index in [4.69, 9.17) is 4.74 Å². The predicted molar refractivity (Wildman–Crippen MR) is 82.5 cm³/mol. The van der Waals surface area contributed by atoms with Gasteiger partial charge < -0.3 is 4.74 Å². The van der Waals surface area contributed by atoms with Gasteiger partial charge in [0.15, 0.2) is 0 Å². The van der Waals surface area contributed by atoms with Crippen molar-refractivity contribution in [3.63, 3.8) is 0 Å². The Hall–Kier alpha value is -1.77.